The van der Waals surface area contributed by atoms with Crippen molar-refractivity contribution >= 4 is 17.4 Å². The Labute approximate surface area is 195 Å². The number of nitrogens with one attached hydrogen (secondary N) is 2. The summed E-state index contributed by atoms with van der Waals surface area (Å²) in [5, 5.41) is 11.3. The minimum absolute atomic E-state index is 0.0650. The third kappa shape index (κ3) is 4.54. The van der Waals surface area contributed by atoms with Crippen LogP contribution < -0.4 is 5.69 Å². The average molecular weight is 447 g/mol. The lowest BCUT2D eigenvalue weighted by atomic mass is 9.99. The first-order valence-corrected chi connectivity index (χ1v) is 10.8. The van der Waals surface area contributed by atoms with Crippen LogP contribution in [0.4, 0.5) is 0 Å². The second-order valence-electron chi connectivity index (χ2n) is 7.74. The van der Waals surface area contributed by atoms with Gasteiger partial charge in [0.2, 0.25) is 0 Å². The quantitative estimate of drug-likeness (QED) is 0.352. The zero-order valence-corrected chi connectivity index (χ0v) is 18.2. The Bertz CT molecular complexity index is 1500. The predicted octanol–water partition coefficient (Wildman–Crippen LogP) is 4.76. The van der Waals surface area contributed by atoms with Crippen LogP contribution in [0.2, 0.25) is 0 Å². The Morgan fingerprint density at radius 2 is 1.53 bits per heavy atom. The molecule has 7 nitrogen and oxygen atoms in total. The van der Waals surface area contributed by atoms with Crippen LogP contribution in [0.3, 0.4) is 0 Å². The molecular weight excluding hydrogens is 426 g/mol. The van der Waals surface area contributed by atoms with Crippen molar-refractivity contribution in [3.63, 3.8) is 0 Å². The van der Waals surface area contributed by atoms with Gasteiger partial charge in [-0.25, -0.2) is 14.6 Å². The van der Waals surface area contributed by atoms with E-state index < -0.39 is 5.69 Å². The van der Waals surface area contributed by atoms with Gasteiger partial charge in [-0.15, -0.1) is 0 Å². The maximum absolute atomic E-state index is 13.0. The molecule has 2 aromatic heterocycles. The fraction of sp³-hybridized carbons (Fsp3) is 0.0370. The summed E-state index contributed by atoms with van der Waals surface area (Å²) >= 11 is 0. The summed E-state index contributed by atoms with van der Waals surface area (Å²) in [6.45, 7) is 0. The molecule has 0 spiro atoms. The number of nitrogens with zero attached hydrogens (tertiary/aromatic N) is 3. The van der Waals surface area contributed by atoms with E-state index in [9.17, 15) is 9.59 Å². The first-order chi connectivity index (χ1) is 16.7. The normalized spacial score (nSPS) is 11.5. The van der Waals surface area contributed by atoms with E-state index in [0.29, 0.717) is 17.0 Å². The Morgan fingerprint density at radius 3 is 2.18 bits per heavy atom. The van der Waals surface area contributed by atoms with Gasteiger partial charge in [-0.3, -0.25) is 9.78 Å². The standard InChI is InChI=1S/C27H21N5O2/c33-24(19-10-4-1-5-11-19)17-21(26-28-27(34)30-29-26)16-22-18-32(23-14-8-3-9-15-23)31-25(22)20-12-6-2-7-13-20/h1-16,18H,17H2,(H2,28,29,30,34)/b21-16+. The van der Waals surface area contributed by atoms with Crippen LogP contribution in [0.15, 0.2) is 102 Å². The summed E-state index contributed by atoms with van der Waals surface area (Å²) in [4.78, 5) is 27.5. The number of para-hydroxylation sites is 1. The molecule has 0 aliphatic rings. The number of aromatic nitrogens is 5. The molecule has 0 atom stereocenters. The zero-order chi connectivity index (χ0) is 23.3. The third-order valence-corrected chi connectivity index (χ3v) is 5.39. The number of Topliss-reactive ketones (excluding diaryl/α,β-unsaturated/α-hetero) is 1. The summed E-state index contributed by atoms with van der Waals surface area (Å²) in [7, 11) is 0. The van der Waals surface area contributed by atoms with E-state index in [4.69, 9.17) is 5.10 Å². The monoisotopic (exact) mass is 447 g/mol. The van der Waals surface area contributed by atoms with Gasteiger partial charge in [0, 0.05) is 34.9 Å². The number of rotatable bonds is 7. The summed E-state index contributed by atoms with van der Waals surface area (Å²) in [6, 6.07) is 28.7. The van der Waals surface area contributed by atoms with Crippen LogP contribution in [0.1, 0.15) is 28.2 Å². The van der Waals surface area contributed by atoms with Crippen molar-refractivity contribution in [1.82, 2.24) is 25.0 Å². The molecule has 0 saturated heterocycles. The van der Waals surface area contributed by atoms with Crippen LogP contribution in [-0.4, -0.2) is 30.7 Å². The molecule has 5 rings (SSSR count). The lowest BCUT2D eigenvalue weighted by molar-refractivity contribution is 0.0998. The van der Waals surface area contributed by atoms with Gasteiger partial charge in [0.25, 0.3) is 0 Å². The van der Waals surface area contributed by atoms with Crippen LogP contribution in [-0.2, 0) is 0 Å². The highest BCUT2D eigenvalue weighted by Crippen LogP contribution is 2.28. The van der Waals surface area contributed by atoms with Crippen LogP contribution in [0.25, 0.3) is 28.6 Å². The van der Waals surface area contributed by atoms with Gasteiger partial charge >= 0.3 is 5.69 Å². The molecule has 2 N–H and O–H groups in total. The van der Waals surface area contributed by atoms with Crippen molar-refractivity contribution in [2.24, 2.45) is 0 Å². The van der Waals surface area contributed by atoms with E-state index in [1.807, 2.05) is 91.1 Å². The molecule has 34 heavy (non-hydrogen) atoms. The fourth-order valence-corrected chi connectivity index (χ4v) is 3.74. The van der Waals surface area contributed by atoms with Gasteiger partial charge < -0.3 is 0 Å². The average Bonchev–Trinajstić information content (AvgIpc) is 3.51. The number of carbonyl (C=O) groups is 1. The molecule has 7 heteroatoms. The molecule has 0 aliphatic carbocycles. The number of ketones is 1. The first-order valence-electron chi connectivity index (χ1n) is 10.8. The zero-order valence-electron chi connectivity index (χ0n) is 18.2. The van der Waals surface area contributed by atoms with Crippen molar-refractivity contribution in [2.75, 3.05) is 0 Å². The van der Waals surface area contributed by atoms with Crippen molar-refractivity contribution in [2.45, 2.75) is 6.42 Å². The van der Waals surface area contributed by atoms with E-state index in [0.717, 1.165) is 22.5 Å². The molecule has 166 valence electrons. The molecule has 3 aromatic carbocycles. The van der Waals surface area contributed by atoms with Crippen molar-refractivity contribution in [1.29, 1.82) is 0 Å². The van der Waals surface area contributed by atoms with Crippen LogP contribution in [0, 0.1) is 0 Å². The number of hydrogen-bond acceptors (Lipinski definition) is 4. The van der Waals surface area contributed by atoms with E-state index in [1.165, 1.54) is 0 Å². The molecular formula is C27H21N5O2. The molecule has 0 unspecified atom stereocenters. The van der Waals surface area contributed by atoms with Crippen molar-refractivity contribution < 1.29 is 4.79 Å². The van der Waals surface area contributed by atoms with E-state index >= 15 is 0 Å². The van der Waals surface area contributed by atoms with Crippen LogP contribution in [0.5, 0.6) is 0 Å². The largest absolute Gasteiger partial charge is 0.340 e. The van der Waals surface area contributed by atoms with Gasteiger partial charge in [-0.1, -0.05) is 78.9 Å². The molecule has 0 amide bonds. The Hall–Kier alpha value is -4.78. The molecule has 0 radical (unpaired) electrons. The Balaban J connectivity index is 1.63. The first kappa shape index (κ1) is 21.1. The molecule has 0 bridgehead atoms. The van der Waals surface area contributed by atoms with Crippen molar-refractivity contribution in [3.05, 3.63) is 125 Å². The number of H-pyrrole nitrogens is 2. The number of aromatic amines is 2. The molecule has 0 aliphatic heterocycles. The van der Waals surface area contributed by atoms with Crippen LogP contribution >= 0.6 is 0 Å². The predicted molar refractivity (Wildman–Crippen MR) is 131 cm³/mol. The maximum atomic E-state index is 13.0. The molecule has 0 fully saturated rings. The topological polar surface area (TPSA) is 96.4 Å². The lowest BCUT2D eigenvalue weighted by Gasteiger charge is -2.05. The van der Waals surface area contributed by atoms with Crippen molar-refractivity contribution in [3.8, 4) is 16.9 Å². The van der Waals surface area contributed by atoms with Gasteiger partial charge in [0.15, 0.2) is 11.6 Å². The van der Waals surface area contributed by atoms with E-state index in [2.05, 4.69) is 15.2 Å². The van der Waals surface area contributed by atoms with E-state index in [-0.39, 0.29) is 12.2 Å². The fourth-order valence-electron chi connectivity index (χ4n) is 3.74. The number of allylic oxidation sites excluding steroid dienone is 1. The lowest BCUT2D eigenvalue weighted by Crippen LogP contribution is -2.04. The number of hydrogen-bond donors (Lipinski definition) is 2. The van der Waals surface area contributed by atoms with E-state index in [1.54, 1.807) is 16.8 Å². The van der Waals surface area contributed by atoms with Gasteiger partial charge in [0.05, 0.1) is 11.4 Å². The third-order valence-electron chi connectivity index (χ3n) is 5.39. The number of carbonyl (C=O) groups excluding carboxylic acids is 1. The summed E-state index contributed by atoms with van der Waals surface area (Å²) in [6.07, 6.45) is 3.84. The summed E-state index contributed by atoms with van der Waals surface area (Å²) in [5.74, 6) is 0.244. The molecule has 0 saturated carbocycles. The number of benzene rings is 3. The smallest absolute Gasteiger partial charge is 0.294 e. The Kier molecular flexibility index (Phi) is 5.82. The summed E-state index contributed by atoms with van der Waals surface area (Å²) < 4.78 is 1.80. The minimum Gasteiger partial charge on any atom is -0.294 e. The highest BCUT2D eigenvalue weighted by Gasteiger charge is 2.17. The Morgan fingerprint density at radius 1 is 0.882 bits per heavy atom. The molecule has 5 aromatic rings. The SMILES string of the molecule is O=C(C/C(=C\c1cn(-c2ccccc2)nc1-c1ccccc1)c1n[nH]c(=O)[nH]1)c1ccccc1. The van der Waals surface area contributed by atoms with Gasteiger partial charge in [-0.2, -0.15) is 10.2 Å². The summed E-state index contributed by atoms with van der Waals surface area (Å²) in [5.41, 5.74) is 4.15. The molecule has 2 heterocycles. The second kappa shape index (κ2) is 9.38. The highest BCUT2D eigenvalue weighted by atomic mass is 16.1. The van der Waals surface area contributed by atoms with Gasteiger partial charge in [-0.05, 0) is 18.2 Å². The minimum atomic E-state index is -0.434. The maximum Gasteiger partial charge on any atom is 0.340 e. The highest BCUT2D eigenvalue weighted by molar-refractivity contribution is 6.04. The van der Waals surface area contributed by atoms with Gasteiger partial charge in [0.1, 0.15) is 0 Å². The second-order valence-corrected chi connectivity index (χ2v) is 7.74.